The normalized spacial score (nSPS) is 28.5. The highest BCUT2D eigenvalue weighted by atomic mass is 19.1. The molecule has 0 aromatic heterocycles. The third-order valence-electron chi connectivity index (χ3n) is 6.61. The van der Waals surface area contributed by atoms with Crippen molar-refractivity contribution in [2.75, 3.05) is 26.2 Å². The topological polar surface area (TPSA) is 93.2 Å². The molecule has 30 heavy (non-hydrogen) atoms. The van der Waals surface area contributed by atoms with Gasteiger partial charge in [-0.25, -0.2) is 4.39 Å². The molecule has 4 aliphatic heterocycles. The van der Waals surface area contributed by atoms with Gasteiger partial charge < -0.3 is 20.2 Å². The first kappa shape index (κ1) is 19.0. The van der Waals surface area contributed by atoms with Gasteiger partial charge in [0, 0.05) is 32.2 Å². The number of nitrogens with zero attached hydrogens (tertiary/aromatic N) is 3. The molecule has 1 aromatic rings. The van der Waals surface area contributed by atoms with Crippen LogP contribution in [0.3, 0.4) is 0 Å². The summed E-state index contributed by atoms with van der Waals surface area (Å²) in [6.45, 7) is 2.21. The summed E-state index contributed by atoms with van der Waals surface area (Å²) in [7, 11) is 0. The lowest BCUT2D eigenvalue weighted by molar-refractivity contribution is -0.143. The lowest BCUT2D eigenvalue weighted by atomic mass is 9.93. The molecule has 2 N–H and O–H groups in total. The first-order valence-electron chi connectivity index (χ1n) is 10.3. The Morgan fingerprint density at radius 2 is 1.93 bits per heavy atom. The van der Waals surface area contributed by atoms with E-state index in [9.17, 15) is 23.9 Å². The summed E-state index contributed by atoms with van der Waals surface area (Å²) in [5, 5.41) is 13.2. The van der Waals surface area contributed by atoms with Crippen molar-refractivity contribution in [2.24, 2.45) is 5.92 Å². The number of rotatable bonds is 3. The summed E-state index contributed by atoms with van der Waals surface area (Å²) >= 11 is 0. The number of piperazine rings is 1. The van der Waals surface area contributed by atoms with E-state index >= 15 is 0 Å². The summed E-state index contributed by atoms with van der Waals surface area (Å²) in [4.78, 5) is 44.1. The van der Waals surface area contributed by atoms with Crippen molar-refractivity contribution < 1.29 is 23.9 Å². The number of hydrogen-bond donors (Lipinski definition) is 2. The Morgan fingerprint density at radius 3 is 2.70 bits per heavy atom. The SMILES string of the molecule is O=C(NCc1ccc(F)cc1)C1CN2C[C@@H]3N(C[C@H]4CCCN43)C(=O)C2=C(O)C1=O. The van der Waals surface area contributed by atoms with E-state index in [0.29, 0.717) is 24.7 Å². The molecular weight excluding hydrogens is 391 g/mol. The molecule has 1 aromatic carbocycles. The van der Waals surface area contributed by atoms with Crippen molar-refractivity contribution in [2.45, 2.75) is 31.6 Å². The van der Waals surface area contributed by atoms with Crippen LogP contribution in [0.4, 0.5) is 4.39 Å². The minimum Gasteiger partial charge on any atom is -0.503 e. The number of fused-ring (bicyclic) bond motifs is 4. The van der Waals surface area contributed by atoms with E-state index < -0.39 is 23.4 Å². The lowest BCUT2D eigenvalue weighted by Crippen LogP contribution is -2.60. The molecule has 3 saturated heterocycles. The second-order valence-corrected chi connectivity index (χ2v) is 8.34. The highest BCUT2D eigenvalue weighted by Crippen LogP contribution is 2.37. The molecule has 8 nitrogen and oxygen atoms in total. The van der Waals surface area contributed by atoms with Crippen LogP contribution in [0.1, 0.15) is 18.4 Å². The van der Waals surface area contributed by atoms with E-state index in [0.717, 1.165) is 19.4 Å². The fourth-order valence-corrected chi connectivity index (χ4v) is 5.07. The van der Waals surface area contributed by atoms with Gasteiger partial charge in [-0.2, -0.15) is 0 Å². The lowest BCUT2D eigenvalue weighted by Gasteiger charge is -2.44. The van der Waals surface area contributed by atoms with Crippen LogP contribution in [0.2, 0.25) is 0 Å². The van der Waals surface area contributed by atoms with Crippen molar-refractivity contribution in [1.29, 1.82) is 0 Å². The second-order valence-electron chi connectivity index (χ2n) is 8.34. The average Bonchev–Trinajstić information content (AvgIpc) is 3.32. The number of Topliss-reactive ketones (excluding diaryl/α,β-unsaturated/α-hetero) is 1. The number of aliphatic hydroxyl groups excluding tert-OH is 1. The molecule has 1 unspecified atom stereocenters. The van der Waals surface area contributed by atoms with Crippen LogP contribution >= 0.6 is 0 Å². The van der Waals surface area contributed by atoms with Gasteiger partial charge in [0.05, 0.1) is 6.54 Å². The maximum atomic E-state index is 13.0. The Hall–Kier alpha value is -2.94. The zero-order valence-corrected chi connectivity index (χ0v) is 16.4. The average molecular weight is 414 g/mol. The number of aliphatic hydroxyl groups is 1. The Balaban J connectivity index is 1.33. The highest BCUT2D eigenvalue weighted by Gasteiger charge is 2.52. The first-order chi connectivity index (χ1) is 14.4. The van der Waals surface area contributed by atoms with E-state index in [2.05, 4.69) is 10.2 Å². The molecule has 9 heteroatoms. The van der Waals surface area contributed by atoms with Crippen molar-refractivity contribution in [3.8, 4) is 0 Å². The number of amides is 2. The van der Waals surface area contributed by atoms with Crippen LogP contribution in [-0.2, 0) is 20.9 Å². The third kappa shape index (κ3) is 2.96. The minimum atomic E-state index is -1.09. The number of allylic oxidation sites excluding steroid dienone is 1. The van der Waals surface area contributed by atoms with Gasteiger partial charge in [-0.3, -0.25) is 19.3 Å². The fourth-order valence-electron chi connectivity index (χ4n) is 5.07. The standard InChI is InChI=1S/C21H23FN4O4/c22-13-5-3-12(4-6-13)8-23-20(29)15-10-24-11-16-25-7-1-2-14(25)9-26(16)21(30)17(24)19(28)18(15)27/h3-6,14-16,28H,1-2,7-11H2,(H,23,29)/t14-,15?,16+/m1/s1. The smallest absolute Gasteiger partial charge is 0.275 e. The molecule has 0 spiro atoms. The molecule has 4 heterocycles. The number of ketones is 1. The molecule has 2 amide bonds. The Morgan fingerprint density at radius 1 is 1.17 bits per heavy atom. The van der Waals surface area contributed by atoms with Crippen molar-refractivity contribution in [1.82, 2.24) is 20.0 Å². The molecule has 4 aliphatic rings. The summed E-state index contributed by atoms with van der Waals surface area (Å²) in [6.07, 6.45) is 2.06. The molecule has 0 aliphatic carbocycles. The van der Waals surface area contributed by atoms with Gasteiger partial charge in [0.1, 0.15) is 23.6 Å². The zero-order chi connectivity index (χ0) is 21.0. The van der Waals surface area contributed by atoms with E-state index in [1.165, 1.54) is 12.1 Å². The summed E-state index contributed by atoms with van der Waals surface area (Å²) in [6, 6.07) is 6.03. The second kappa shape index (κ2) is 7.09. The Labute approximate surface area is 172 Å². The van der Waals surface area contributed by atoms with Crippen LogP contribution in [0.25, 0.3) is 0 Å². The number of carbonyl (C=O) groups excluding carboxylic acids is 3. The van der Waals surface area contributed by atoms with Crippen molar-refractivity contribution >= 4 is 17.6 Å². The largest absolute Gasteiger partial charge is 0.503 e. The predicted octanol–water partition coefficient (Wildman–Crippen LogP) is 0.359. The molecule has 0 bridgehead atoms. The van der Waals surface area contributed by atoms with E-state index in [1.54, 1.807) is 21.9 Å². The molecular formula is C21H23FN4O4. The molecule has 5 rings (SSSR count). The van der Waals surface area contributed by atoms with Crippen LogP contribution in [0.15, 0.2) is 35.7 Å². The van der Waals surface area contributed by atoms with E-state index in [4.69, 9.17) is 0 Å². The van der Waals surface area contributed by atoms with Gasteiger partial charge in [-0.15, -0.1) is 0 Å². The highest BCUT2D eigenvalue weighted by molar-refractivity contribution is 6.13. The number of carbonyl (C=O) groups is 3. The summed E-state index contributed by atoms with van der Waals surface area (Å²) < 4.78 is 13.0. The number of benzene rings is 1. The molecule has 158 valence electrons. The number of halogens is 1. The maximum Gasteiger partial charge on any atom is 0.275 e. The van der Waals surface area contributed by atoms with Crippen LogP contribution in [-0.4, -0.2) is 75.8 Å². The number of hydrogen-bond acceptors (Lipinski definition) is 6. The fraction of sp³-hybridized carbons (Fsp3) is 0.476. The van der Waals surface area contributed by atoms with Gasteiger partial charge in [0.2, 0.25) is 11.7 Å². The Bertz CT molecular complexity index is 947. The van der Waals surface area contributed by atoms with E-state index in [-0.39, 0.29) is 36.7 Å². The monoisotopic (exact) mass is 414 g/mol. The van der Waals surface area contributed by atoms with Crippen molar-refractivity contribution in [3.63, 3.8) is 0 Å². The van der Waals surface area contributed by atoms with Gasteiger partial charge >= 0.3 is 0 Å². The molecule has 0 saturated carbocycles. The van der Waals surface area contributed by atoms with Gasteiger partial charge in [0.15, 0.2) is 5.76 Å². The van der Waals surface area contributed by atoms with Gasteiger partial charge in [0.25, 0.3) is 5.91 Å². The molecule has 0 radical (unpaired) electrons. The van der Waals surface area contributed by atoms with Crippen LogP contribution in [0.5, 0.6) is 0 Å². The first-order valence-corrected chi connectivity index (χ1v) is 10.3. The van der Waals surface area contributed by atoms with Gasteiger partial charge in [-0.1, -0.05) is 12.1 Å². The van der Waals surface area contributed by atoms with E-state index in [1.807, 2.05) is 0 Å². The zero-order valence-electron chi connectivity index (χ0n) is 16.4. The minimum absolute atomic E-state index is 0.0139. The van der Waals surface area contributed by atoms with Crippen LogP contribution in [0, 0.1) is 11.7 Å². The maximum absolute atomic E-state index is 13.0. The molecule has 3 atom stereocenters. The number of nitrogens with one attached hydrogen (secondary N) is 1. The summed E-state index contributed by atoms with van der Waals surface area (Å²) in [5.74, 6) is -3.68. The third-order valence-corrected chi connectivity index (χ3v) is 6.61. The predicted molar refractivity (Wildman–Crippen MR) is 103 cm³/mol. The summed E-state index contributed by atoms with van der Waals surface area (Å²) in [5.41, 5.74) is 0.711. The Kier molecular flexibility index (Phi) is 4.50. The molecule has 3 fully saturated rings. The quantitative estimate of drug-likeness (QED) is 0.694. The van der Waals surface area contributed by atoms with Crippen molar-refractivity contribution in [3.05, 3.63) is 47.1 Å². The van der Waals surface area contributed by atoms with Gasteiger partial charge in [-0.05, 0) is 30.5 Å². The van der Waals surface area contributed by atoms with Crippen LogP contribution < -0.4 is 5.32 Å².